The van der Waals surface area contributed by atoms with Crippen molar-refractivity contribution in [2.75, 3.05) is 5.75 Å². The van der Waals surface area contributed by atoms with E-state index in [1.165, 1.54) is 0 Å². The summed E-state index contributed by atoms with van der Waals surface area (Å²) in [6, 6.07) is 4.40. The predicted molar refractivity (Wildman–Crippen MR) is 62.8 cm³/mol. The number of nitrogens with zero attached hydrogens (tertiary/aromatic N) is 3. The van der Waals surface area contributed by atoms with Crippen molar-refractivity contribution in [3.63, 3.8) is 0 Å². The second kappa shape index (κ2) is 5.11. The molecule has 0 amide bonds. The van der Waals surface area contributed by atoms with Gasteiger partial charge in [0.05, 0.1) is 12.2 Å². The van der Waals surface area contributed by atoms with Crippen LogP contribution in [0.1, 0.15) is 19.0 Å². The topological polar surface area (TPSA) is 50.2 Å². The number of aromatic nitrogens is 2. The highest BCUT2D eigenvalue weighted by Gasteiger charge is 2.17. The van der Waals surface area contributed by atoms with Gasteiger partial charge in [0.1, 0.15) is 0 Å². The first-order valence-electron chi connectivity index (χ1n) is 5.09. The molecule has 1 aliphatic rings. The van der Waals surface area contributed by atoms with E-state index in [9.17, 15) is 0 Å². The lowest BCUT2D eigenvalue weighted by atomic mass is 10.3. The largest absolute Gasteiger partial charge is 0.361 e. The molecule has 0 saturated carbocycles. The van der Waals surface area contributed by atoms with E-state index in [0.29, 0.717) is 12.6 Å². The van der Waals surface area contributed by atoms with Crippen molar-refractivity contribution in [2.24, 2.45) is 4.99 Å². The van der Waals surface area contributed by atoms with Gasteiger partial charge in [-0.25, -0.2) is 0 Å². The van der Waals surface area contributed by atoms with Crippen molar-refractivity contribution in [1.82, 2.24) is 15.5 Å². The van der Waals surface area contributed by atoms with Crippen LogP contribution in [0.3, 0.4) is 0 Å². The SMILES string of the molecule is CCC1CSC(=NCc2cccnn2)N1. The van der Waals surface area contributed by atoms with E-state index >= 15 is 0 Å². The zero-order chi connectivity index (χ0) is 10.5. The van der Waals surface area contributed by atoms with Crippen molar-refractivity contribution in [3.8, 4) is 0 Å². The molecule has 1 atom stereocenters. The van der Waals surface area contributed by atoms with Crippen LogP contribution >= 0.6 is 11.8 Å². The standard InChI is InChI=1S/C10H14N4S/c1-2-8-7-15-10(13-8)11-6-9-4-3-5-12-14-9/h3-5,8H,2,6-7H2,1H3,(H,11,13). The summed E-state index contributed by atoms with van der Waals surface area (Å²) >= 11 is 1.78. The van der Waals surface area contributed by atoms with Gasteiger partial charge in [0.25, 0.3) is 0 Å². The number of aliphatic imine (C=N–C) groups is 1. The molecule has 0 aliphatic carbocycles. The fourth-order valence-electron chi connectivity index (χ4n) is 1.32. The van der Waals surface area contributed by atoms with Crippen LogP contribution in [-0.4, -0.2) is 27.2 Å². The molecule has 0 aromatic carbocycles. The Morgan fingerprint density at radius 3 is 3.27 bits per heavy atom. The maximum Gasteiger partial charge on any atom is 0.157 e. The molecule has 1 N–H and O–H groups in total. The Kier molecular flexibility index (Phi) is 3.55. The summed E-state index contributed by atoms with van der Waals surface area (Å²) in [6.45, 7) is 2.80. The third kappa shape index (κ3) is 2.92. The van der Waals surface area contributed by atoms with E-state index in [0.717, 1.165) is 23.0 Å². The maximum absolute atomic E-state index is 4.46. The molecular formula is C10H14N4S. The number of thioether (sulfide) groups is 1. The highest BCUT2D eigenvalue weighted by Crippen LogP contribution is 2.15. The molecular weight excluding hydrogens is 208 g/mol. The van der Waals surface area contributed by atoms with Gasteiger partial charge in [-0.1, -0.05) is 18.7 Å². The number of hydrogen-bond acceptors (Lipinski definition) is 4. The first-order chi connectivity index (χ1) is 7.38. The average Bonchev–Trinajstić information content (AvgIpc) is 2.76. The summed E-state index contributed by atoms with van der Waals surface area (Å²) in [5.41, 5.74) is 0.910. The van der Waals surface area contributed by atoms with Crippen LogP contribution in [0.4, 0.5) is 0 Å². The van der Waals surface area contributed by atoms with Crippen LogP contribution in [0.25, 0.3) is 0 Å². The smallest absolute Gasteiger partial charge is 0.157 e. The second-order valence-electron chi connectivity index (χ2n) is 3.40. The molecule has 1 aromatic heterocycles. The van der Waals surface area contributed by atoms with Gasteiger partial charge in [-0.2, -0.15) is 10.2 Å². The van der Waals surface area contributed by atoms with E-state index in [1.54, 1.807) is 18.0 Å². The third-order valence-corrected chi connectivity index (χ3v) is 3.34. The van der Waals surface area contributed by atoms with E-state index in [4.69, 9.17) is 0 Å². The van der Waals surface area contributed by atoms with E-state index in [-0.39, 0.29) is 0 Å². The van der Waals surface area contributed by atoms with Crippen molar-refractivity contribution in [1.29, 1.82) is 0 Å². The van der Waals surface area contributed by atoms with Crippen LogP contribution in [0.5, 0.6) is 0 Å². The van der Waals surface area contributed by atoms with E-state index in [2.05, 4.69) is 27.4 Å². The van der Waals surface area contributed by atoms with Crippen LogP contribution in [0.15, 0.2) is 23.3 Å². The molecule has 80 valence electrons. The van der Waals surface area contributed by atoms with Crippen LogP contribution in [0.2, 0.25) is 0 Å². The molecule has 1 aromatic rings. The second-order valence-corrected chi connectivity index (χ2v) is 4.41. The van der Waals surface area contributed by atoms with Gasteiger partial charge in [-0.3, -0.25) is 4.99 Å². The average molecular weight is 222 g/mol. The Balaban J connectivity index is 1.90. The van der Waals surface area contributed by atoms with Crippen LogP contribution in [0, 0.1) is 0 Å². The highest BCUT2D eigenvalue weighted by atomic mass is 32.2. The molecule has 2 rings (SSSR count). The number of amidine groups is 1. The highest BCUT2D eigenvalue weighted by molar-refractivity contribution is 8.14. The fourth-order valence-corrected chi connectivity index (χ4v) is 2.40. The van der Waals surface area contributed by atoms with E-state index in [1.807, 2.05) is 12.1 Å². The minimum Gasteiger partial charge on any atom is -0.361 e. The molecule has 1 aliphatic heterocycles. The Hall–Kier alpha value is -1.10. The molecule has 1 fully saturated rings. The van der Waals surface area contributed by atoms with Gasteiger partial charge in [0.2, 0.25) is 0 Å². The maximum atomic E-state index is 4.46. The summed E-state index contributed by atoms with van der Waals surface area (Å²) in [5.74, 6) is 1.12. The zero-order valence-electron chi connectivity index (χ0n) is 8.68. The first kappa shape index (κ1) is 10.4. The number of rotatable bonds is 3. The van der Waals surface area contributed by atoms with Crippen LogP contribution < -0.4 is 5.32 Å². The number of hydrogen-bond donors (Lipinski definition) is 1. The first-order valence-corrected chi connectivity index (χ1v) is 6.07. The molecule has 2 heterocycles. The third-order valence-electron chi connectivity index (χ3n) is 2.25. The lowest BCUT2D eigenvalue weighted by Gasteiger charge is -2.04. The monoisotopic (exact) mass is 222 g/mol. The molecule has 4 nitrogen and oxygen atoms in total. The van der Waals surface area contributed by atoms with Gasteiger partial charge >= 0.3 is 0 Å². The quantitative estimate of drug-likeness (QED) is 0.841. The normalized spacial score (nSPS) is 23.0. The summed E-state index contributed by atoms with van der Waals surface area (Å²) in [6.07, 6.45) is 2.82. The van der Waals surface area contributed by atoms with Crippen molar-refractivity contribution >= 4 is 16.9 Å². The lowest BCUT2D eigenvalue weighted by Crippen LogP contribution is -2.25. The molecule has 0 spiro atoms. The van der Waals surface area contributed by atoms with Gasteiger partial charge in [-0.15, -0.1) is 0 Å². The summed E-state index contributed by atoms with van der Waals surface area (Å²) < 4.78 is 0. The summed E-state index contributed by atoms with van der Waals surface area (Å²) in [5, 5.41) is 12.2. The van der Waals surface area contributed by atoms with Crippen molar-refractivity contribution in [2.45, 2.75) is 25.9 Å². The summed E-state index contributed by atoms with van der Waals surface area (Å²) in [7, 11) is 0. The summed E-state index contributed by atoms with van der Waals surface area (Å²) in [4.78, 5) is 4.46. The fraction of sp³-hybridized carbons (Fsp3) is 0.500. The van der Waals surface area contributed by atoms with Gasteiger partial charge < -0.3 is 5.32 Å². The minimum absolute atomic E-state index is 0.579. The molecule has 0 radical (unpaired) electrons. The Bertz CT molecular complexity index is 339. The molecule has 1 saturated heterocycles. The van der Waals surface area contributed by atoms with E-state index < -0.39 is 0 Å². The van der Waals surface area contributed by atoms with Crippen LogP contribution in [-0.2, 0) is 6.54 Å². The van der Waals surface area contributed by atoms with Gasteiger partial charge in [0, 0.05) is 18.0 Å². The van der Waals surface area contributed by atoms with Gasteiger partial charge in [-0.05, 0) is 18.6 Å². The Morgan fingerprint density at radius 1 is 1.67 bits per heavy atom. The molecule has 5 heteroatoms. The van der Waals surface area contributed by atoms with Crippen molar-refractivity contribution < 1.29 is 0 Å². The number of nitrogens with one attached hydrogen (secondary N) is 1. The Labute approximate surface area is 93.6 Å². The molecule has 15 heavy (non-hydrogen) atoms. The zero-order valence-corrected chi connectivity index (χ0v) is 9.50. The lowest BCUT2D eigenvalue weighted by molar-refractivity contribution is 0.666. The minimum atomic E-state index is 0.579. The Morgan fingerprint density at radius 2 is 2.60 bits per heavy atom. The molecule has 0 bridgehead atoms. The molecule has 1 unspecified atom stereocenters. The van der Waals surface area contributed by atoms with Crippen molar-refractivity contribution in [3.05, 3.63) is 24.0 Å². The predicted octanol–water partition coefficient (Wildman–Crippen LogP) is 1.45. The van der Waals surface area contributed by atoms with Gasteiger partial charge in [0.15, 0.2) is 5.17 Å².